The van der Waals surface area contributed by atoms with Gasteiger partial charge >= 0.3 is 0 Å². The normalized spacial score (nSPS) is 10.5. The average molecular weight is 250 g/mol. The fourth-order valence-corrected chi connectivity index (χ4v) is 2.12. The summed E-state index contributed by atoms with van der Waals surface area (Å²) in [6.45, 7) is 0.562. The van der Waals surface area contributed by atoms with Gasteiger partial charge in [0.15, 0.2) is 0 Å². The molecule has 94 valence electrons. The molecule has 0 saturated heterocycles. The molecule has 3 aromatic rings. The lowest BCUT2D eigenvalue weighted by Crippen LogP contribution is -2.18. The van der Waals surface area contributed by atoms with Gasteiger partial charge < -0.3 is 5.10 Å². The third-order valence-corrected chi connectivity index (χ3v) is 3.11. The zero-order valence-corrected chi connectivity index (χ0v) is 10.4. The van der Waals surface area contributed by atoms with Crippen LogP contribution >= 0.6 is 0 Å². The van der Waals surface area contributed by atoms with Crippen molar-refractivity contribution in [3.8, 4) is 11.1 Å². The highest BCUT2D eigenvalue weighted by molar-refractivity contribution is 5.61. The first kappa shape index (κ1) is 11.5. The van der Waals surface area contributed by atoms with Gasteiger partial charge in [-0.25, -0.2) is 4.68 Å². The van der Waals surface area contributed by atoms with E-state index >= 15 is 0 Å². The molecular formula is C16H14N2O. The molecule has 1 heterocycles. The van der Waals surface area contributed by atoms with Crippen LogP contribution in [0.2, 0.25) is 0 Å². The molecule has 0 radical (unpaired) electrons. The highest BCUT2D eigenvalue weighted by atomic mass is 16.1. The van der Waals surface area contributed by atoms with E-state index in [1.54, 1.807) is 10.9 Å². The van der Waals surface area contributed by atoms with E-state index in [1.165, 1.54) is 0 Å². The van der Waals surface area contributed by atoms with E-state index in [0.717, 1.165) is 11.1 Å². The molecule has 2 aromatic carbocycles. The summed E-state index contributed by atoms with van der Waals surface area (Å²) in [6.07, 6.45) is 1.76. The van der Waals surface area contributed by atoms with Gasteiger partial charge in [0.25, 0.3) is 5.56 Å². The molecule has 1 aromatic heterocycles. The maximum absolute atomic E-state index is 12.3. The molecule has 0 bridgehead atoms. The van der Waals surface area contributed by atoms with Crippen molar-refractivity contribution in [3.63, 3.8) is 0 Å². The molecule has 0 atom stereocenters. The second kappa shape index (κ2) is 4.98. The van der Waals surface area contributed by atoms with Crippen molar-refractivity contribution in [2.24, 2.45) is 0 Å². The number of H-pyrrole nitrogens is 1. The summed E-state index contributed by atoms with van der Waals surface area (Å²) in [5.41, 5.74) is 2.76. The van der Waals surface area contributed by atoms with E-state index in [9.17, 15) is 4.79 Å². The van der Waals surface area contributed by atoms with Crippen LogP contribution in [0.15, 0.2) is 71.7 Å². The molecule has 1 N–H and O–H groups in total. The Labute approximate surface area is 111 Å². The highest BCUT2D eigenvalue weighted by Gasteiger charge is 2.07. The lowest BCUT2D eigenvalue weighted by Gasteiger charge is -2.01. The number of hydrogen-bond acceptors (Lipinski definition) is 1. The minimum absolute atomic E-state index is 0.00931. The van der Waals surface area contributed by atoms with E-state index in [4.69, 9.17) is 0 Å². The summed E-state index contributed by atoms with van der Waals surface area (Å²) >= 11 is 0. The molecule has 3 rings (SSSR count). The van der Waals surface area contributed by atoms with E-state index < -0.39 is 0 Å². The van der Waals surface area contributed by atoms with Gasteiger partial charge in [0.05, 0.1) is 12.1 Å². The van der Waals surface area contributed by atoms with Gasteiger partial charge in [-0.2, -0.15) is 0 Å². The molecule has 0 fully saturated rings. The molecular weight excluding hydrogens is 236 g/mol. The predicted molar refractivity (Wildman–Crippen MR) is 76.0 cm³/mol. The first-order chi connectivity index (χ1) is 9.34. The minimum atomic E-state index is 0.00931. The number of rotatable bonds is 3. The fourth-order valence-electron chi connectivity index (χ4n) is 2.12. The van der Waals surface area contributed by atoms with Crippen LogP contribution in [0.5, 0.6) is 0 Å². The van der Waals surface area contributed by atoms with Crippen LogP contribution in [0.4, 0.5) is 0 Å². The fraction of sp³-hybridized carbons (Fsp3) is 0.0625. The van der Waals surface area contributed by atoms with Crippen molar-refractivity contribution in [2.75, 3.05) is 0 Å². The van der Waals surface area contributed by atoms with Crippen molar-refractivity contribution in [3.05, 3.63) is 82.8 Å². The number of aromatic nitrogens is 2. The Morgan fingerprint density at radius 1 is 0.895 bits per heavy atom. The largest absolute Gasteiger partial charge is 0.302 e. The molecule has 0 aliphatic carbocycles. The molecule has 3 heteroatoms. The van der Waals surface area contributed by atoms with Crippen molar-refractivity contribution < 1.29 is 0 Å². The SMILES string of the molecule is O=c1c(-c2ccccc2)c[nH]n1Cc1ccccc1. The molecule has 0 unspecified atom stereocenters. The number of nitrogens with one attached hydrogen (secondary N) is 1. The Morgan fingerprint density at radius 3 is 2.21 bits per heavy atom. The Kier molecular flexibility index (Phi) is 3.02. The van der Waals surface area contributed by atoms with E-state index in [-0.39, 0.29) is 5.56 Å². The monoisotopic (exact) mass is 250 g/mol. The van der Waals surface area contributed by atoms with E-state index in [1.807, 2.05) is 60.7 Å². The Hall–Kier alpha value is -2.55. The summed E-state index contributed by atoms with van der Waals surface area (Å²) in [4.78, 5) is 12.3. The summed E-state index contributed by atoms with van der Waals surface area (Å²) in [6, 6.07) is 19.6. The van der Waals surface area contributed by atoms with Crippen molar-refractivity contribution >= 4 is 0 Å². The van der Waals surface area contributed by atoms with Gasteiger partial charge in [-0.15, -0.1) is 0 Å². The van der Waals surface area contributed by atoms with Crippen molar-refractivity contribution in [1.82, 2.24) is 9.78 Å². The molecule has 0 amide bonds. The zero-order valence-electron chi connectivity index (χ0n) is 10.4. The topological polar surface area (TPSA) is 37.8 Å². The average Bonchev–Trinajstić information content (AvgIpc) is 2.82. The van der Waals surface area contributed by atoms with E-state index in [2.05, 4.69) is 5.10 Å². The molecule has 0 aliphatic rings. The van der Waals surface area contributed by atoms with Crippen LogP contribution in [-0.4, -0.2) is 9.78 Å². The first-order valence-corrected chi connectivity index (χ1v) is 6.22. The molecule has 19 heavy (non-hydrogen) atoms. The maximum Gasteiger partial charge on any atom is 0.274 e. The second-order valence-electron chi connectivity index (χ2n) is 4.43. The Morgan fingerprint density at radius 2 is 1.53 bits per heavy atom. The predicted octanol–water partition coefficient (Wildman–Crippen LogP) is 2.89. The molecule has 0 saturated carbocycles. The second-order valence-corrected chi connectivity index (χ2v) is 4.43. The van der Waals surface area contributed by atoms with Gasteiger partial charge in [-0.1, -0.05) is 60.7 Å². The van der Waals surface area contributed by atoms with Gasteiger partial charge in [0, 0.05) is 6.20 Å². The van der Waals surface area contributed by atoms with Crippen molar-refractivity contribution in [1.29, 1.82) is 0 Å². The zero-order chi connectivity index (χ0) is 13.1. The highest BCUT2D eigenvalue weighted by Crippen LogP contribution is 2.13. The third kappa shape index (κ3) is 2.36. The summed E-state index contributed by atoms with van der Waals surface area (Å²) in [7, 11) is 0. The van der Waals surface area contributed by atoms with Crippen LogP contribution in [0, 0.1) is 0 Å². The summed E-state index contributed by atoms with van der Waals surface area (Å²) in [5, 5.41) is 3.03. The molecule has 3 nitrogen and oxygen atoms in total. The molecule has 0 aliphatic heterocycles. The maximum atomic E-state index is 12.3. The van der Waals surface area contributed by atoms with Gasteiger partial charge in [0.2, 0.25) is 0 Å². The molecule has 0 spiro atoms. The summed E-state index contributed by atoms with van der Waals surface area (Å²) < 4.78 is 1.62. The number of aromatic amines is 1. The van der Waals surface area contributed by atoms with Crippen LogP contribution in [-0.2, 0) is 6.54 Å². The van der Waals surface area contributed by atoms with Crippen molar-refractivity contribution in [2.45, 2.75) is 6.54 Å². The third-order valence-electron chi connectivity index (χ3n) is 3.11. The van der Waals surface area contributed by atoms with Gasteiger partial charge in [-0.05, 0) is 11.1 Å². The lowest BCUT2D eigenvalue weighted by molar-refractivity contribution is 0.664. The standard InChI is InChI=1S/C16H14N2O/c19-16-15(14-9-5-2-6-10-14)11-17-18(16)12-13-7-3-1-4-8-13/h1-11,17H,12H2. The van der Waals surface area contributed by atoms with Crippen LogP contribution in [0.3, 0.4) is 0 Å². The first-order valence-electron chi connectivity index (χ1n) is 6.22. The summed E-state index contributed by atoms with van der Waals surface area (Å²) in [5.74, 6) is 0. The number of hydrogen-bond donors (Lipinski definition) is 1. The van der Waals surface area contributed by atoms with Crippen LogP contribution in [0.1, 0.15) is 5.56 Å². The van der Waals surface area contributed by atoms with E-state index in [0.29, 0.717) is 12.1 Å². The Bertz CT molecular complexity index is 711. The van der Waals surface area contributed by atoms with Crippen LogP contribution < -0.4 is 5.56 Å². The number of nitrogens with zero attached hydrogens (tertiary/aromatic N) is 1. The van der Waals surface area contributed by atoms with Crippen LogP contribution in [0.25, 0.3) is 11.1 Å². The van der Waals surface area contributed by atoms with Gasteiger partial charge in [-0.3, -0.25) is 4.79 Å². The number of benzene rings is 2. The lowest BCUT2D eigenvalue weighted by atomic mass is 10.1. The Balaban J connectivity index is 1.94. The smallest absolute Gasteiger partial charge is 0.274 e. The minimum Gasteiger partial charge on any atom is -0.302 e. The van der Waals surface area contributed by atoms with Gasteiger partial charge in [0.1, 0.15) is 0 Å². The quantitative estimate of drug-likeness (QED) is 0.762.